The zero-order chi connectivity index (χ0) is 16.6. The van der Waals surface area contributed by atoms with E-state index in [4.69, 9.17) is 4.74 Å². The van der Waals surface area contributed by atoms with E-state index in [-0.39, 0.29) is 41.0 Å². The number of carbonyl (C=O) groups is 2. The molecule has 2 aliphatic carbocycles. The third-order valence-electron chi connectivity index (χ3n) is 5.03. The van der Waals surface area contributed by atoms with E-state index >= 15 is 0 Å². The summed E-state index contributed by atoms with van der Waals surface area (Å²) in [5.41, 5.74) is -0.216. The summed E-state index contributed by atoms with van der Waals surface area (Å²) in [5.74, 6) is -0.724. The Balaban J connectivity index is 1.82. The molecular formula is C16H18N2O5. The van der Waals surface area contributed by atoms with Crippen LogP contribution < -0.4 is 5.32 Å². The maximum Gasteiger partial charge on any atom is 0.311 e. The first-order valence-corrected chi connectivity index (χ1v) is 7.65. The van der Waals surface area contributed by atoms with Gasteiger partial charge in [-0.05, 0) is 37.2 Å². The van der Waals surface area contributed by atoms with Crippen molar-refractivity contribution in [1.82, 2.24) is 5.32 Å². The van der Waals surface area contributed by atoms with Gasteiger partial charge in [-0.25, -0.2) is 0 Å². The topological polar surface area (TPSA) is 98.5 Å². The highest BCUT2D eigenvalue weighted by molar-refractivity contribution is 5.98. The highest BCUT2D eigenvalue weighted by Crippen LogP contribution is 2.49. The van der Waals surface area contributed by atoms with E-state index in [1.165, 1.54) is 25.3 Å². The van der Waals surface area contributed by atoms with Crippen LogP contribution in [0.25, 0.3) is 0 Å². The van der Waals surface area contributed by atoms with E-state index in [1.54, 1.807) is 6.07 Å². The van der Waals surface area contributed by atoms with Gasteiger partial charge in [-0.2, -0.15) is 0 Å². The number of amides is 1. The Hall–Kier alpha value is -2.44. The molecule has 0 heterocycles. The molecule has 2 saturated carbocycles. The van der Waals surface area contributed by atoms with Crippen molar-refractivity contribution in [3.63, 3.8) is 0 Å². The molecule has 122 valence electrons. The van der Waals surface area contributed by atoms with Crippen molar-refractivity contribution in [2.24, 2.45) is 17.8 Å². The lowest BCUT2D eigenvalue weighted by Crippen LogP contribution is -2.47. The van der Waals surface area contributed by atoms with E-state index in [0.717, 1.165) is 19.3 Å². The molecule has 3 rings (SSSR count). The van der Waals surface area contributed by atoms with E-state index in [2.05, 4.69) is 5.32 Å². The van der Waals surface area contributed by atoms with Crippen LogP contribution in [0.5, 0.6) is 0 Å². The monoisotopic (exact) mass is 318 g/mol. The molecule has 1 amide bonds. The first-order valence-electron chi connectivity index (χ1n) is 7.65. The number of rotatable bonds is 4. The third kappa shape index (κ3) is 2.67. The molecule has 1 aromatic rings. The summed E-state index contributed by atoms with van der Waals surface area (Å²) in [6, 6.07) is 5.51. The lowest BCUT2D eigenvalue weighted by molar-refractivity contribution is -0.385. The van der Waals surface area contributed by atoms with Gasteiger partial charge in [0.05, 0.1) is 18.0 Å². The van der Waals surface area contributed by atoms with Gasteiger partial charge < -0.3 is 10.1 Å². The zero-order valence-corrected chi connectivity index (χ0v) is 12.7. The van der Waals surface area contributed by atoms with E-state index in [1.807, 2.05) is 0 Å². The fourth-order valence-corrected chi connectivity index (χ4v) is 4.03. The molecule has 0 aliphatic heterocycles. The van der Waals surface area contributed by atoms with Gasteiger partial charge in [-0.15, -0.1) is 0 Å². The number of carbonyl (C=O) groups excluding carboxylic acids is 2. The Morgan fingerprint density at radius 2 is 1.96 bits per heavy atom. The quantitative estimate of drug-likeness (QED) is 0.519. The fourth-order valence-electron chi connectivity index (χ4n) is 4.03. The lowest BCUT2D eigenvalue weighted by Gasteiger charge is -2.29. The van der Waals surface area contributed by atoms with Gasteiger partial charge in [-0.1, -0.05) is 12.1 Å². The number of fused-ring (bicyclic) bond motifs is 2. The molecule has 7 heteroatoms. The second-order valence-electron chi connectivity index (χ2n) is 6.16. The Morgan fingerprint density at radius 1 is 1.26 bits per heavy atom. The van der Waals surface area contributed by atoms with Crippen molar-refractivity contribution < 1.29 is 19.2 Å². The smallest absolute Gasteiger partial charge is 0.311 e. The van der Waals surface area contributed by atoms with E-state index < -0.39 is 10.8 Å². The largest absolute Gasteiger partial charge is 0.469 e. The summed E-state index contributed by atoms with van der Waals surface area (Å²) in [4.78, 5) is 35.0. The number of hydrogen-bond donors (Lipinski definition) is 1. The normalized spacial score (nSPS) is 28.4. The van der Waals surface area contributed by atoms with Crippen molar-refractivity contribution in [2.45, 2.75) is 25.3 Å². The van der Waals surface area contributed by atoms with Crippen LogP contribution in [0.1, 0.15) is 29.6 Å². The second kappa shape index (κ2) is 5.98. The minimum absolute atomic E-state index is 0.0175. The Morgan fingerprint density at radius 3 is 2.65 bits per heavy atom. The average molecular weight is 318 g/mol. The molecule has 0 radical (unpaired) electrons. The number of methoxy groups -OCH3 is 1. The molecule has 1 N–H and O–H groups in total. The predicted octanol–water partition coefficient (Wildman–Crippen LogP) is 1.91. The summed E-state index contributed by atoms with van der Waals surface area (Å²) in [6.07, 6.45) is 2.81. The molecule has 0 saturated heterocycles. The molecule has 2 aliphatic rings. The van der Waals surface area contributed by atoms with Gasteiger partial charge in [0.2, 0.25) is 0 Å². The maximum absolute atomic E-state index is 12.5. The van der Waals surface area contributed by atoms with Crippen LogP contribution in [0.3, 0.4) is 0 Å². The van der Waals surface area contributed by atoms with Crippen molar-refractivity contribution >= 4 is 17.6 Å². The Bertz CT molecular complexity index is 660. The predicted molar refractivity (Wildman–Crippen MR) is 80.7 cm³/mol. The number of nitrogens with zero attached hydrogens (tertiary/aromatic N) is 1. The van der Waals surface area contributed by atoms with Crippen LogP contribution in [0, 0.1) is 27.9 Å². The van der Waals surface area contributed by atoms with Crippen molar-refractivity contribution in [1.29, 1.82) is 0 Å². The van der Waals surface area contributed by atoms with Gasteiger partial charge in [0, 0.05) is 12.1 Å². The number of esters is 1. The average Bonchev–Trinajstić information content (AvgIpc) is 3.15. The van der Waals surface area contributed by atoms with Crippen molar-refractivity contribution in [3.8, 4) is 0 Å². The summed E-state index contributed by atoms with van der Waals surface area (Å²) >= 11 is 0. The first kappa shape index (κ1) is 15.5. The van der Waals surface area contributed by atoms with E-state index in [9.17, 15) is 19.7 Å². The number of nitro groups is 1. The maximum atomic E-state index is 12.5. The Kier molecular flexibility index (Phi) is 4.02. The summed E-state index contributed by atoms with van der Waals surface area (Å²) in [7, 11) is 1.34. The molecule has 23 heavy (non-hydrogen) atoms. The standard InChI is InChI=1S/C16H18N2O5/c1-23-16(20)13-9-6-7-10(8-9)14(13)17-15(19)11-4-2-3-5-12(11)18(21)22/h2-5,9-10,13-14H,6-8H2,1H3,(H,17,19). The van der Waals surface area contributed by atoms with Gasteiger partial charge in [-0.3, -0.25) is 19.7 Å². The van der Waals surface area contributed by atoms with Gasteiger partial charge in [0.25, 0.3) is 11.6 Å². The molecule has 7 nitrogen and oxygen atoms in total. The highest BCUT2D eigenvalue weighted by Gasteiger charge is 2.52. The number of nitrogens with one attached hydrogen (secondary N) is 1. The lowest BCUT2D eigenvalue weighted by atomic mass is 9.84. The Labute approximate surface area is 133 Å². The minimum Gasteiger partial charge on any atom is -0.469 e. The van der Waals surface area contributed by atoms with Crippen LogP contribution >= 0.6 is 0 Å². The summed E-state index contributed by atoms with van der Waals surface area (Å²) in [6.45, 7) is 0. The van der Waals surface area contributed by atoms with Crippen LogP contribution in [0.15, 0.2) is 24.3 Å². The number of ether oxygens (including phenoxy) is 1. The molecule has 2 bridgehead atoms. The molecular weight excluding hydrogens is 300 g/mol. The van der Waals surface area contributed by atoms with Gasteiger partial charge >= 0.3 is 5.97 Å². The molecule has 1 aromatic carbocycles. The SMILES string of the molecule is COC(=O)C1C2CCC(C2)C1NC(=O)c1ccccc1[N+](=O)[O-]. The number of para-hydroxylation sites is 1. The molecule has 0 aromatic heterocycles. The van der Waals surface area contributed by atoms with Crippen molar-refractivity contribution in [3.05, 3.63) is 39.9 Å². The van der Waals surface area contributed by atoms with Crippen molar-refractivity contribution in [2.75, 3.05) is 7.11 Å². The first-order chi connectivity index (χ1) is 11.0. The fraction of sp³-hybridized carbons (Fsp3) is 0.500. The van der Waals surface area contributed by atoms with Gasteiger partial charge in [0.1, 0.15) is 5.56 Å². The molecule has 4 unspecified atom stereocenters. The number of benzene rings is 1. The molecule has 4 atom stereocenters. The second-order valence-corrected chi connectivity index (χ2v) is 6.16. The molecule has 0 spiro atoms. The minimum atomic E-state index is -0.576. The third-order valence-corrected chi connectivity index (χ3v) is 5.03. The summed E-state index contributed by atoms with van der Waals surface area (Å²) < 4.78 is 4.87. The van der Waals surface area contributed by atoms with Gasteiger partial charge in [0.15, 0.2) is 0 Å². The number of nitro benzene ring substituents is 1. The highest BCUT2D eigenvalue weighted by atomic mass is 16.6. The van der Waals surface area contributed by atoms with Crippen LogP contribution in [0.2, 0.25) is 0 Å². The van der Waals surface area contributed by atoms with Crippen LogP contribution in [-0.4, -0.2) is 30.0 Å². The molecule has 2 fully saturated rings. The zero-order valence-electron chi connectivity index (χ0n) is 12.7. The van der Waals surface area contributed by atoms with Crippen LogP contribution in [0.4, 0.5) is 5.69 Å². The van der Waals surface area contributed by atoms with Crippen LogP contribution in [-0.2, 0) is 9.53 Å². The summed E-state index contributed by atoms with van der Waals surface area (Å²) in [5, 5.41) is 13.9. The number of hydrogen-bond acceptors (Lipinski definition) is 5. The van der Waals surface area contributed by atoms with E-state index in [0.29, 0.717) is 0 Å².